The third kappa shape index (κ3) is 3.98. The summed E-state index contributed by atoms with van der Waals surface area (Å²) in [7, 11) is -3.86. The van der Waals surface area contributed by atoms with E-state index < -0.39 is 21.7 Å². The SMILES string of the molecule is CCOc1ccc(S(=O)(=O)N2CCc3ccccc32)cc1NC(=O)c1ccccc1F. The average Bonchev–Trinajstić information content (AvgIpc) is 3.20. The Morgan fingerprint density at radius 1 is 1.10 bits per heavy atom. The van der Waals surface area contributed by atoms with Gasteiger partial charge in [0.15, 0.2) is 0 Å². The van der Waals surface area contributed by atoms with Gasteiger partial charge in [0, 0.05) is 6.54 Å². The van der Waals surface area contributed by atoms with Gasteiger partial charge in [-0.3, -0.25) is 9.10 Å². The van der Waals surface area contributed by atoms with E-state index in [4.69, 9.17) is 4.74 Å². The summed E-state index contributed by atoms with van der Waals surface area (Å²) in [5, 5.41) is 2.59. The van der Waals surface area contributed by atoms with Crippen LogP contribution in [0.15, 0.2) is 71.6 Å². The number of amides is 1. The van der Waals surface area contributed by atoms with Crippen LogP contribution in [0.5, 0.6) is 5.75 Å². The van der Waals surface area contributed by atoms with Crippen molar-refractivity contribution < 1.29 is 22.3 Å². The zero-order valence-electron chi connectivity index (χ0n) is 16.8. The number of halogens is 1. The van der Waals surface area contributed by atoms with Gasteiger partial charge in [0.25, 0.3) is 15.9 Å². The topological polar surface area (TPSA) is 75.7 Å². The van der Waals surface area contributed by atoms with Crippen LogP contribution < -0.4 is 14.4 Å². The van der Waals surface area contributed by atoms with Crippen molar-refractivity contribution in [3.63, 3.8) is 0 Å². The summed E-state index contributed by atoms with van der Waals surface area (Å²) < 4.78 is 47.6. The molecule has 0 aromatic heterocycles. The van der Waals surface area contributed by atoms with Gasteiger partial charge in [0.05, 0.1) is 28.4 Å². The number of hydrogen-bond donors (Lipinski definition) is 1. The predicted molar refractivity (Wildman–Crippen MR) is 117 cm³/mol. The van der Waals surface area contributed by atoms with E-state index in [2.05, 4.69) is 5.32 Å². The number of hydrogen-bond acceptors (Lipinski definition) is 4. The van der Waals surface area contributed by atoms with E-state index in [1.807, 2.05) is 12.1 Å². The maximum absolute atomic E-state index is 14.0. The molecule has 1 N–H and O–H groups in total. The molecule has 1 amide bonds. The van der Waals surface area contributed by atoms with Crippen molar-refractivity contribution in [2.24, 2.45) is 0 Å². The standard InChI is InChI=1S/C23H21FN2O4S/c1-2-30-22-12-11-17(15-20(22)25-23(27)18-8-4-5-9-19(18)24)31(28,29)26-14-13-16-7-3-6-10-21(16)26/h3-12,15H,2,13-14H2,1H3,(H,25,27). The van der Waals surface area contributed by atoms with E-state index in [-0.39, 0.29) is 16.1 Å². The summed E-state index contributed by atoms with van der Waals surface area (Å²) in [6.07, 6.45) is 0.628. The predicted octanol–water partition coefficient (Wildman–Crippen LogP) is 4.23. The first kappa shape index (κ1) is 20.9. The molecule has 1 aliphatic rings. The Morgan fingerprint density at radius 2 is 1.84 bits per heavy atom. The highest BCUT2D eigenvalue weighted by Crippen LogP contribution is 2.35. The molecule has 0 spiro atoms. The van der Waals surface area contributed by atoms with Crippen molar-refractivity contribution in [2.45, 2.75) is 18.2 Å². The molecule has 160 valence electrons. The Bertz CT molecular complexity index is 1240. The first-order valence-electron chi connectivity index (χ1n) is 9.85. The first-order chi connectivity index (χ1) is 14.9. The summed E-state index contributed by atoms with van der Waals surface area (Å²) in [6, 6.07) is 17.2. The van der Waals surface area contributed by atoms with Crippen LogP contribution in [0.25, 0.3) is 0 Å². The zero-order valence-corrected chi connectivity index (χ0v) is 17.7. The van der Waals surface area contributed by atoms with Crippen molar-refractivity contribution in [3.8, 4) is 5.75 Å². The van der Waals surface area contributed by atoms with E-state index in [1.165, 1.54) is 40.7 Å². The molecule has 0 atom stereocenters. The molecule has 0 saturated heterocycles. The molecule has 1 heterocycles. The molecule has 6 nitrogen and oxygen atoms in total. The lowest BCUT2D eigenvalue weighted by molar-refractivity contribution is 0.102. The number of nitrogens with one attached hydrogen (secondary N) is 1. The Kier molecular flexibility index (Phi) is 5.65. The largest absolute Gasteiger partial charge is 0.492 e. The third-order valence-corrected chi connectivity index (χ3v) is 6.86. The summed E-state index contributed by atoms with van der Waals surface area (Å²) >= 11 is 0. The van der Waals surface area contributed by atoms with Crippen molar-refractivity contribution in [2.75, 3.05) is 22.8 Å². The third-order valence-electron chi connectivity index (χ3n) is 5.05. The zero-order chi connectivity index (χ0) is 22.0. The van der Waals surface area contributed by atoms with E-state index in [9.17, 15) is 17.6 Å². The van der Waals surface area contributed by atoms with Crippen LogP contribution in [-0.2, 0) is 16.4 Å². The quantitative estimate of drug-likeness (QED) is 0.623. The minimum atomic E-state index is -3.86. The fourth-order valence-corrected chi connectivity index (χ4v) is 5.10. The van der Waals surface area contributed by atoms with Gasteiger partial charge >= 0.3 is 0 Å². The molecule has 0 saturated carbocycles. The Hall–Kier alpha value is -3.39. The summed E-state index contributed by atoms with van der Waals surface area (Å²) in [6.45, 7) is 2.42. The molecule has 8 heteroatoms. The van der Waals surface area contributed by atoms with E-state index in [1.54, 1.807) is 25.1 Å². The van der Waals surface area contributed by atoms with Gasteiger partial charge in [-0.25, -0.2) is 12.8 Å². The molecule has 0 fully saturated rings. The smallest absolute Gasteiger partial charge is 0.264 e. The van der Waals surface area contributed by atoms with Gasteiger partial charge in [-0.15, -0.1) is 0 Å². The highest BCUT2D eigenvalue weighted by Gasteiger charge is 2.31. The Balaban J connectivity index is 1.70. The van der Waals surface area contributed by atoms with Gasteiger partial charge in [0.2, 0.25) is 0 Å². The van der Waals surface area contributed by atoms with Crippen LogP contribution in [0, 0.1) is 5.82 Å². The lowest BCUT2D eigenvalue weighted by Crippen LogP contribution is -2.29. The molecule has 4 rings (SSSR count). The average molecular weight is 440 g/mol. The van der Waals surface area contributed by atoms with Gasteiger partial charge < -0.3 is 10.1 Å². The fraction of sp³-hybridized carbons (Fsp3) is 0.174. The molecule has 0 radical (unpaired) electrons. The Morgan fingerprint density at radius 3 is 2.61 bits per heavy atom. The van der Waals surface area contributed by atoms with E-state index >= 15 is 0 Å². The summed E-state index contributed by atoms with van der Waals surface area (Å²) in [5.74, 6) is -1.07. The Labute approximate surface area is 180 Å². The molecule has 31 heavy (non-hydrogen) atoms. The van der Waals surface area contributed by atoms with Crippen LogP contribution in [0.1, 0.15) is 22.8 Å². The summed E-state index contributed by atoms with van der Waals surface area (Å²) in [4.78, 5) is 12.6. The minimum Gasteiger partial charge on any atom is -0.492 e. The van der Waals surface area contributed by atoms with Crippen molar-refractivity contribution in [1.29, 1.82) is 0 Å². The summed E-state index contributed by atoms with van der Waals surface area (Å²) in [5.41, 5.74) is 1.62. The number of carbonyl (C=O) groups is 1. The first-order valence-corrected chi connectivity index (χ1v) is 11.3. The second-order valence-electron chi connectivity index (χ2n) is 6.98. The molecule has 0 bridgehead atoms. The number of carbonyl (C=O) groups excluding carboxylic acids is 1. The van der Waals surface area contributed by atoms with Crippen LogP contribution in [0.3, 0.4) is 0 Å². The van der Waals surface area contributed by atoms with Gasteiger partial charge in [-0.1, -0.05) is 30.3 Å². The van der Waals surface area contributed by atoms with Crippen molar-refractivity contribution in [3.05, 3.63) is 83.7 Å². The molecule has 3 aromatic rings. The van der Waals surface area contributed by atoms with E-state index in [0.29, 0.717) is 31.0 Å². The number of sulfonamides is 1. The lowest BCUT2D eigenvalue weighted by atomic mass is 10.2. The normalized spacial score (nSPS) is 13.0. The van der Waals surface area contributed by atoms with Crippen LogP contribution in [0.4, 0.5) is 15.8 Å². The molecule has 0 unspecified atom stereocenters. The van der Waals surface area contributed by atoms with Crippen LogP contribution in [0.2, 0.25) is 0 Å². The molecule has 1 aliphatic heterocycles. The number of anilines is 2. The number of fused-ring (bicyclic) bond motifs is 1. The number of rotatable bonds is 6. The number of ether oxygens (including phenoxy) is 1. The molecular formula is C23H21FN2O4S. The minimum absolute atomic E-state index is 0.0106. The van der Waals surface area contributed by atoms with Gasteiger partial charge in [0.1, 0.15) is 11.6 Å². The second-order valence-corrected chi connectivity index (χ2v) is 8.84. The molecule has 0 aliphatic carbocycles. The van der Waals surface area contributed by atoms with E-state index in [0.717, 1.165) is 5.56 Å². The van der Waals surface area contributed by atoms with Crippen molar-refractivity contribution >= 4 is 27.3 Å². The van der Waals surface area contributed by atoms with Gasteiger partial charge in [-0.05, 0) is 55.3 Å². The maximum atomic E-state index is 14.0. The number of benzene rings is 3. The van der Waals surface area contributed by atoms with Crippen LogP contribution in [-0.4, -0.2) is 27.5 Å². The van der Waals surface area contributed by atoms with Crippen molar-refractivity contribution in [1.82, 2.24) is 0 Å². The lowest BCUT2D eigenvalue weighted by Gasteiger charge is -2.21. The fourth-order valence-electron chi connectivity index (χ4n) is 3.57. The molecular weight excluding hydrogens is 419 g/mol. The monoisotopic (exact) mass is 440 g/mol. The number of para-hydroxylation sites is 1. The molecule has 3 aromatic carbocycles. The number of nitrogens with zero attached hydrogens (tertiary/aromatic N) is 1. The van der Waals surface area contributed by atoms with Crippen LogP contribution >= 0.6 is 0 Å². The van der Waals surface area contributed by atoms with Gasteiger partial charge in [-0.2, -0.15) is 0 Å². The maximum Gasteiger partial charge on any atom is 0.264 e. The highest BCUT2D eigenvalue weighted by atomic mass is 32.2. The second kappa shape index (κ2) is 8.39. The highest BCUT2D eigenvalue weighted by molar-refractivity contribution is 7.92.